The van der Waals surface area contributed by atoms with Gasteiger partial charge in [-0.2, -0.15) is 0 Å². The monoisotopic (exact) mass is 233 g/mol. The van der Waals surface area contributed by atoms with Gasteiger partial charge in [0.15, 0.2) is 0 Å². The average molecular weight is 234 g/mol. The molecule has 14 heavy (non-hydrogen) atoms. The number of halogens is 2. The molecule has 2 N–H and O–H groups in total. The molecule has 0 heterocycles. The lowest BCUT2D eigenvalue weighted by atomic mass is 10.2. The molecule has 0 saturated carbocycles. The Bertz CT molecular complexity index is 291. The molecule has 0 aromatic heterocycles. The molecule has 0 radical (unpaired) electrons. The Labute approximate surface area is 93.8 Å². The van der Waals surface area contributed by atoms with Gasteiger partial charge in [0.25, 0.3) is 0 Å². The summed E-state index contributed by atoms with van der Waals surface area (Å²) in [6, 6.07) is 5.57. The maximum absolute atomic E-state index is 8.57. The third kappa shape index (κ3) is 3.46. The minimum absolute atomic E-state index is 0.205. The van der Waals surface area contributed by atoms with E-state index in [1.54, 1.807) is 6.07 Å². The predicted octanol–water partition coefficient (Wildman–Crippen LogP) is 2.47. The van der Waals surface area contributed by atoms with Gasteiger partial charge in [0.05, 0.1) is 10.0 Å². The van der Waals surface area contributed by atoms with Crippen molar-refractivity contribution in [2.75, 3.05) is 13.2 Å². The smallest absolute Gasteiger partial charge is 0.0637 e. The Morgan fingerprint density at radius 3 is 2.79 bits per heavy atom. The molecular weight excluding hydrogens is 221 g/mol. The molecule has 0 spiro atoms. The molecule has 2 nitrogen and oxygen atoms in total. The number of aliphatic hydroxyl groups is 1. The van der Waals surface area contributed by atoms with Crippen molar-refractivity contribution in [2.24, 2.45) is 0 Å². The Morgan fingerprint density at radius 1 is 1.29 bits per heavy atom. The van der Waals surface area contributed by atoms with Gasteiger partial charge in [0.2, 0.25) is 0 Å². The summed E-state index contributed by atoms with van der Waals surface area (Å²) in [6.45, 7) is 1.66. The van der Waals surface area contributed by atoms with Gasteiger partial charge in [-0.3, -0.25) is 0 Å². The molecule has 0 aliphatic heterocycles. The maximum atomic E-state index is 8.57. The van der Waals surface area contributed by atoms with E-state index in [0.717, 1.165) is 18.5 Å². The fourth-order valence-electron chi connectivity index (χ4n) is 1.11. The van der Waals surface area contributed by atoms with Crippen molar-refractivity contribution in [1.29, 1.82) is 0 Å². The lowest BCUT2D eigenvalue weighted by Gasteiger charge is -2.06. The molecule has 0 amide bonds. The number of hydrogen-bond acceptors (Lipinski definition) is 2. The van der Waals surface area contributed by atoms with Crippen LogP contribution < -0.4 is 5.32 Å². The van der Waals surface area contributed by atoms with E-state index in [9.17, 15) is 0 Å². The SMILES string of the molecule is OCCCNCc1cccc(Cl)c1Cl. The van der Waals surface area contributed by atoms with Crippen LogP contribution in [0.3, 0.4) is 0 Å². The van der Waals surface area contributed by atoms with E-state index in [1.165, 1.54) is 0 Å². The second-order valence-corrected chi connectivity index (χ2v) is 3.75. The zero-order valence-corrected chi connectivity index (χ0v) is 9.28. The van der Waals surface area contributed by atoms with Crippen molar-refractivity contribution in [3.8, 4) is 0 Å². The van der Waals surface area contributed by atoms with Gasteiger partial charge in [0, 0.05) is 13.2 Å². The molecule has 4 heteroatoms. The normalized spacial score (nSPS) is 10.5. The van der Waals surface area contributed by atoms with Gasteiger partial charge in [-0.05, 0) is 24.6 Å². The zero-order valence-electron chi connectivity index (χ0n) is 7.76. The predicted molar refractivity (Wildman–Crippen MR) is 59.9 cm³/mol. The lowest BCUT2D eigenvalue weighted by molar-refractivity contribution is 0.286. The molecule has 0 aliphatic rings. The molecule has 0 fully saturated rings. The second kappa shape index (κ2) is 6.25. The zero-order chi connectivity index (χ0) is 10.4. The van der Waals surface area contributed by atoms with Gasteiger partial charge in [-0.1, -0.05) is 35.3 Å². The van der Waals surface area contributed by atoms with Crippen LogP contribution in [0.15, 0.2) is 18.2 Å². The van der Waals surface area contributed by atoms with Gasteiger partial charge < -0.3 is 10.4 Å². The fraction of sp³-hybridized carbons (Fsp3) is 0.400. The number of aliphatic hydroxyl groups excluding tert-OH is 1. The van der Waals surface area contributed by atoms with Gasteiger partial charge in [-0.15, -0.1) is 0 Å². The number of benzene rings is 1. The van der Waals surface area contributed by atoms with Crippen LogP contribution in [0.2, 0.25) is 10.0 Å². The summed E-state index contributed by atoms with van der Waals surface area (Å²) in [5, 5.41) is 12.9. The minimum Gasteiger partial charge on any atom is -0.396 e. The van der Waals surface area contributed by atoms with E-state index in [1.807, 2.05) is 12.1 Å². The Morgan fingerprint density at radius 2 is 2.07 bits per heavy atom. The highest BCUT2D eigenvalue weighted by molar-refractivity contribution is 6.42. The standard InChI is InChI=1S/C10H13Cl2NO/c11-9-4-1-3-8(10(9)12)7-13-5-2-6-14/h1,3-4,13-14H,2,5-7H2. The molecule has 1 rings (SSSR count). The highest BCUT2D eigenvalue weighted by atomic mass is 35.5. The van der Waals surface area contributed by atoms with Crippen molar-refractivity contribution >= 4 is 23.2 Å². The van der Waals surface area contributed by atoms with Crippen LogP contribution in [0, 0.1) is 0 Å². The average Bonchev–Trinajstić information content (AvgIpc) is 2.19. The molecular formula is C10H13Cl2NO. The number of hydrogen-bond donors (Lipinski definition) is 2. The Kier molecular flexibility index (Phi) is 5.26. The van der Waals surface area contributed by atoms with Crippen molar-refractivity contribution in [1.82, 2.24) is 5.32 Å². The second-order valence-electron chi connectivity index (χ2n) is 2.97. The quantitative estimate of drug-likeness (QED) is 0.767. The number of rotatable bonds is 5. The van der Waals surface area contributed by atoms with Gasteiger partial charge in [0.1, 0.15) is 0 Å². The largest absolute Gasteiger partial charge is 0.396 e. The van der Waals surface area contributed by atoms with Crippen molar-refractivity contribution in [3.05, 3.63) is 33.8 Å². The van der Waals surface area contributed by atoms with E-state index in [2.05, 4.69) is 5.32 Å². The highest BCUT2D eigenvalue weighted by Crippen LogP contribution is 2.25. The first-order valence-electron chi connectivity index (χ1n) is 4.50. The van der Waals surface area contributed by atoms with Crippen LogP contribution in [0.5, 0.6) is 0 Å². The molecule has 0 saturated heterocycles. The van der Waals surface area contributed by atoms with Crippen LogP contribution in [0.25, 0.3) is 0 Å². The molecule has 78 valence electrons. The Balaban J connectivity index is 2.46. The lowest BCUT2D eigenvalue weighted by Crippen LogP contribution is -2.15. The van der Waals surface area contributed by atoms with Crippen LogP contribution in [0.1, 0.15) is 12.0 Å². The van der Waals surface area contributed by atoms with Crippen LogP contribution in [0.4, 0.5) is 0 Å². The number of nitrogens with one attached hydrogen (secondary N) is 1. The first-order chi connectivity index (χ1) is 6.75. The van der Waals surface area contributed by atoms with Gasteiger partial charge >= 0.3 is 0 Å². The molecule has 1 aromatic carbocycles. The topological polar surface area (TPSA) is 32.3 Å². The summed E-state index contributed by atoms with van der Waals surface area (Å²) in [5.74, 6) is 0. The summed E-state index contributed by atoms with van der Waals surface area (Å²) in [7, 11) is 0. The molecule has 1 aromatic rings. The fourth-order valence-corrected chi connectivity index (χ4v) is 1.50. The van der Waals surface area contributed by atoms with E-state index in [4.69, 9.17) is 28.3 Å². The first kappa shape index (κ1) is 11.8. The molecule has 0 atom stereocenters. The maximum Gasteiger partial charge on any atom is 0.0637 e. The van der Waals surface area contributed by atoms with Crippen LogP contribution in [-0.2, 0) is 6.54 Å². The molecule has 0 unspecified atom stereocenters. The van der Waals surface area contributed by atoms with Crippen LogP contribution >= 0.6 is 23.2 Å². The molecule has 0 aliphatic carbocycles. The van der Waals surface area contributed by atoms with E-state index < -0.39 is 0 Å². The minimum atomic E-state index is 0.205. The molecule has 0 bridgehead atoms. The summed E-state index contributed by atoms with van der Waals surface area (Å²) < 4.78 is 0. The summed E-state index contributed by atoms with van der Waals surface area (Å²) in [4.78, 5) is 0. The summed E-state index contributed by atoms with van der Waals surface area (Å²) in [6.07, 6.45) is 0.748. The van der Waals surface area contributed by atoms with Gasteiger partial charge in [-0.25, -0.2) is 0 Å². The van der Waals surface area contributed by atoms with E-state index in [-0.39, 0.29) is 6.61 Å². The highest BCUT2D eigenvalue weighted by Gasteiger charge is 2.02. The first-order valence-corrected chi connectivity index (χ1v) is 5.25. The summed E-state index contributed by atoms with van der Waals surface area (Å²) >= 11 is 11.8. The van der Waals surface area contributed by atoms with Crippen molar-refractivity contribution in [2.45, 2.75) is 13.0 Å². The third-order valence-electron chi connectivity index (χ3n) is 1.86. The third-order valence-corrected chi connectivity index (χ3v) is 2.72. The van der Waals surface area contributed by atoms with Crippen molar-refractivity contribution < 1.29 is 5.11 Å². The van der Waals surface area contributed by atoms with E-state index in [0.29, 0.717) is 16.6 Å². The van der Waals surface area contributed by atoms with Crippen molar-refractivity contribution in [3.63, 3.8) is 0 Å². The van der Waals surface area contributed by atoms with E-state index >= 15 is 0 Å². The summed E-state index contributed by atoms with van der Waals surface area (Å²) in [5.41, 5.74) is 0.983. The Hall–Kier alpha value is -0.280. The van der Waals surface area contributed by atoms with Crippen LogP contribution in [-0.4, -0.2) is 18.3 Å².